The number of benzene rings is 1. The molecule has 1 nitrogen and oxygen atoms in total. The van der Waals surface area contributed by atoms with E-state index in [1.807, 2.05) is 19.9 Å². The Bertz CT molecular complexity index is 358. The lowest BCUT2D eigenvalue weighted by molar-refractivity contribution is -0.154. The molecule has 0 fully saturated rings. The fourth-order valence-corrected chi connectivity index (χ4v) is 1.74. The number of hydrogen-bond acceptors (Lipinski definition) is 1. The molecule has 96 valence electrons. The summed E-state index contributed by atoms with van der Waals surface area (Å²) < 4.78 is 36.4. The Morgan fingerprint density at radius 3 is 2.41 bits per heavy atom. The van der Waals surface area contributed by atoms with Gasteiger partial charge in [-0.05, 0) is 23.5 Å². The van der Waals surface area contributed by atoms with E-state index in [0.717, 1.165) is 12.0 Å². The Kier molecular flexibility index (Phi) is 4.57. The molecule has 0 radical (unpaired) electrons. The molecule has 1 aromatic carbocycles. The van der Waals surface area contributed by atoms with E-state index in [-0.39, 0.29) is 0 Å². The molecule has 1 aromatic rings. The maximum Gasteiger partial charge on any atom is 0.391 e. The largest absolute Gasteiger partial charge is 0.391 e. The first kappa shape index (κ1) is 14.0. The molecule has 1 rings (SSSR count). The first-order chi connectivity index (χ1) is 7.78. The van der Waals surface area contributed by atoms with Gasteiger partial charge in [0.2, 0.25) is 0 Å². The Hall–Kier alpha value is -1.03. The van der Waals surface area contributed by atoms with Crippen molar-refractivity contribution in [3.8, 4) is 0 Å². The summed E-state index contributed by atoms with van der Waals surface area (Å²) in [6.45, 7) is 4.08. The van der Waals surface area contributed by atoms with Crippen molar-refractivity contribution in [1.29, 1.82) is 0 Å². The summed E-state index contributed by atoms with van der Waals surface area (Å²) in [6, 6.07) is 6.73. The van der Waals surface area contributed by atoms with E-state index < -0.39 is 18.7 Å². The highest BCUT2D eigenvalue weighted by Gasteiger charge is 2.31. The summed E-state index contributed by atoms with van der Waals surface area (Å²) in [4.78, 5) is 0. The maximum absolute atomic E-state index is 12.1. The molecule has 0 spiro atoms. The predicted molar refractivity (Wildman–Crippen MR) is 60.6 cm³/mol. The van der Waals surface area contributed by atoms with Crippen LogP contribution in [0, 0.1) is 5.92 Å². The van der Waals surface area contributed by atoms with Gasteiger partial charge in [0.15, 0.2) is 0 Å². The van der Waals surface area contributed by atoms with Crippen LogP contribution in [0.3, 0.4) is 0 Å². The minimum atomic E-state index is -4.34. The van der Waals surface area contributed by atoms with E-state index in [1.54, 1.807) is 12.1 Å². The molecule has 0 saturated carbocycles. The number of aliphatic hydroxyl groups is 1. The van der Waals surface area contributed by atoms with Crippen molar-refractivity contribution >= 4 is 0 Å². The molecule has 1 N–H and O–H groups in total. The topological polar surface area (TPSA) is 20.2 Å². The van der Waals surface area contributed by atoms with Gasteiger partial charge in [0.05, 0.1) is 12.5 Å². The van der Waals surface area contributed by atoms with E-state index in [4.69, 9.17) is 0 Å². The van der Waals surface area contributed by atoms with Crippen molar-refractivity contribution in [2.24, 2.45) is 5.92 Å². The highest BCUT2D eigenvalue weighted by Crippen LogP contribution is 2.29. The molecule has 0 aliphatic rings. The highest BCUT2D eigenvalue weighted by atomic mass is 19.4. The molecule has 4 heteroatoms. The van der Waals surface area contributed by atoms with Gasteiger partial charge in [-0.3, -0.25) is 0 Å². The molecular weight excluding hydrogens is 229 g/mol. The number of rotatable bonds is 4. The minimum absolute atomic E-state index is 0.334. The van der Waals surface area contributed by atoms with Crippen molar-refractivity contribution in [2.45, 2.75) is 39.0 Å². The van der Waals surface area contributed by atoms with Gasteiger partial charge in [0, 0.05) is 0 Å². The summed E-state index contributed by atoms with van der Waals surface area (Å²) in [7, 11) is 0. The lowest BCUT2D eigenvalue weighted by atomic mass is 9.98. The smallest absolute Gasteiger partial charge is 0.388 e. The SMILES string of the molecule is CC(C)Cc1cccc(C(O)CC(F)(F)F)c1. The molecule has 0 saturated heterocycles. The van der Waals surface area contributed by atoms with Gasteiger partial charge in [0.25, 0.3) is 0 Å². The van der Waals surface area contributed by atoms with Gasteiger partial charge >= 0.3 is 6.18 Å². The van der Waals surface area contributed by atoms with Crippen molar-refractivity contribution in [3.05, 3.63) is 35.4 Å². The van der Waals surface area contributed by atoms with Crippen molar-refractivity contribution in [1.82, 2.24) is 0 Å². The Labute approximate surface area is 99.3 Å². The Balaban J connectivity index is 2.77. The van der Waals surface area contributed by atoms with Crippen LogP contribution in [-0.4, -0.2) is 11.3 Å². The van der Waals surface area contributed by atoms with Crippen LogP contribution in [0.4, 0.5) is 13.2 Å². The van der Waals surface area contributed by atoms with Crippen LogP contribution in [0.15, 0.2) is 24.3 Å². The van der Waals surface area contributed by atoms with Crippen molar-refractivity contribution in [2.75, 3.05) is 0 Å². The second kappa shape index (κ2) is 5.54. The molecule has 0 heterocycles. The van der Waals surface area contributed by atoms with Crippen LogP contribution in [-0.2, 0) is 6.42 Å². The molecular formula is C13H17F3O. The molecule has 1 atom stereocenters. The van der Waals surface area contributed by atoms with Crippen LogP contribution in [0.2, 0.25) is 0 Å². The van der Waals surface area contributed by atoms with Crippen LogP contribution in [0.1, 0.15) is 37.5 Å². The van der Waals surface area contributed by atoms with Crippen LogP contribution >= 0.6 is 0 Å². The quantitative estimate of drug-likeness (QED) is 0.855. The molecule has 1 unspecified atom stereocenters. The monoisotopic (exact) mass is 246 g/mol. The zero-order valence-electron chi connectivity index (χ0n) is 9.96. The summed E-state index contributed by atoms with van der Waals surface area (Å²) in [5.41, 5.74) is 1.29. The lowest BCUT2D eigenvalue weighted by Crippen LogP contribution is -2.13. The standard InChI is InChI=1S/C13H17F3O/c1-9(2)6-10-4-3-5-11(7-10)12(17)8-13(14,15)16/h3-5,7,9,12,17H,6,8H2,1-2H3. The normalized spacial score (nSPS) is 14.1. The number of hydrogen-bond donors (Lipinski definition) is 1. The first-order valence-corrected chi connectivity index (χ1v) is 5.61. The third-order valence-corrected chi connectivity index (χ3v) is 2.40. The van der Waals surface area contributed by atoms with Crippen LogP contribution in [0.5, 0.6) is 0 Å². The third-order valence-electron chi connectivity index (χ3n) is 2.40. The Morgan fingerprint density at radius 2 is 1.88 bits per heavy atom. The highest BCUT2D eigenvalue weighted by molar-refractivity contribution is 5.25. The summed E-state index contributed by atoms with van der Waals surface area (Å²) in [5, 5.41) is 9.49. The Morgan fingerprint density at radius 1 is 1.24 bits per heavy atom. The minimum Gasteiger partial charge on any atom is -0.388 e. The fourth-order valence-electron chi connectivity index (χ4n) is 1.74. The molecule has 0 aromatic heterocycles. The molecule has 0 aliphatic heterocycles. The van der Waals surface area contributed by atoms with Gasteiger partial charge < -0.3 is 5.11 Å². The molecule has 0 bridgehead atoms. The van der Waals surface area contributed by atoms with Gasteiger partial charge in [-0.1, -0.05) is 38.1 Å². The van der Waals surface area contributed by atoms with Crippen molar-refractivity contribution < 1.29 is 18.3 Å². The van der Waals surface area contributed by atoms with E-state index in [1.165, 1.54) is 6.07 Å². The second-order valence-corrected chi connectivity index (χ2v) is 4.68. The summed E-state index contributed by atoms with van der Waals surface area (Å²) in [6.07, 6.45) is -6.21. The van der Waals surface area contributed by atoms with E-state index in [0.29, 0.717) is 11.5 Å². The van der Waals surface area contributed by atoms with Gasteiger partial charge in [0.1, 0.15) is 0 Å². The number of halogens is 3. The average Bonchev–Trinajstić information content (AvgIpc) is 2.14. The number of aliphatic hydroxyl groups excluding tert-OH is 1. The molecule has 17 heavy (non-hydrogen) atoms. The van der Waals surface area contributed by atoms with Crippen LogP contribution in [0.25, 0.3) is 0 Å². The van der Waals surface area contributed by atoms with Gasteiger partial charge in [-0.2, -0.15) is 13.2 Å². The third kappa shape index (κ3) is 5.22. The summed E-state index contributed by atoms with van der Waals surface area (Å²) in [5.74, 6) is 0.435. The predicted octanol–water partition coefficient (Wildman–Crippen LogP) is 3.87. The van der Waals surface area contributed by atoms with E-state index in [9.17, 15) is 18.3 Å². The number of alkyl halides is 3. The zero-order chi connectivity index (χ0) is 13.1. The molecule has 0 aliphatic carbocycles. The maximum atomic E-state index is 12.1. The summed E-state index contributed by atoms with van der Waals surface area (Å²) >= 11 is 0. The first-order valence-electron chi connectivity index (χ1n) is 5.61. The fraction of sp³-hybridized carbons (Fsp3) is 0.538. The van der Waals surface area contributed by atoms with Gasteiger partial charge in [-0.15, -0.1) is 0 Å². The lowest BCUT2D eigenvalue weighted by Gasteiger charge is -2.15. The second-order valence-electron chi connectivity index (χ2n) is 4.68. The van der Waals surface area contributed by atoms with Crippen LogP contribution < -0.4 is 0 Å². The van der Waals surface area contributed by atoms with E-state index >= 15 is 0 Å². The van der Waals surface area contributed by atoms with Crippen molar-refractivity contribution in [3.63, 3.8) is 0 Å². The van der Waals surface area contributed by atoms with E-state index in [2.05, 4.69) is 0 Å². The zero-order valence-corrected chi connectivity index (χ0v) is 9.96. The molecule has 0 amide bonds. The van der Waals surface area contributed by atoms with Gasteiger partial charge in [-0.25, -0.2) is 0 Å². The average molecular weight is 246 g/mol.